The van der Waals surface area contributed by atoms with Crippen LogP contribution in [-0.4, -0.2) is 25.5 Å². The molecule has 2 aromatic heterocycles. The number of benzene rings is 1. The number of halogens is 2. The third kappa shape index (κ3) is 3.88. The van der Waals surface area contributed by atoms with Gasteiger partial charge in [-0.15, -0.1) is 0 Å². The average molecular weight is 362 g/mol. The molecule has 6 nitrogen and oxygen atoms in total. The van der Waals surface area contributed by atoms with Crippen LogP contribution in [0, 0.1) is 12.7 Å². The summed E-state index contributed by atoms with van der Waals surface area (Å²) in [6.07, 6.45) is 5.14. The van der Waals surface area contributed by atoms with Crippen LogP contribution in [0.15, 0.2) is 42.9 Å². The lowest BCUT2D eigenvalue weighted by atomic mass is 10.2. The number of aryl methyl sites for hydroxylation is 1. The quantitative estimate of drug-likeness (QED) is 0.757. The molecular formula is C17H17ClFN5O. The van der Waals surface area contributed by atoms with Crippen LogP contribution >= 0.6 is 11.6 Å². The maximum Gasteiger partial charge on any atom is 0.250 e. The molecule has 3 aromatic rings. The monoisotopic (exact) mass is 361 g/mol. The predicted molar refractivity (Wildman–Crippen MR) is 93.0 cm³/mol. The Bertz CT molecular complexity index is 884. The molecule has 0 saturated heterocycles. The first-order chi connectivity index (χ1) is 11.9. The van der Waals surface area contributed by atoms with E-state index in [0.29, 0.717) is 16.4 Å². The Hall–Kier alpha value is -2.67. The van der Waals surface area contributed by atoms with Gasteiger partial charge in [0.25, 0.3) is 0 Å². The Morgan fingerprint density at radius 3 is 2.88 bits per heavy atom. The molecule has 1 aromatic carbocycles. The lowest BCUT2D eigenvalue weighted by Gasteiger charge is -2.11. The molecule has 1 unspecified atom stereocenters. The van der Waals surface area contributed by atoms with E-state index in [1.807, 2.05) is 6.92 Å². The first-order valence-electron chi connectivity index (χ1n) is 7.72. The van der Waals surface area contributed by atoms with Crippen molar-refractivity contribution in [2.45, 2.75) is 26.4 Å². The van der Waals surface area contributed by atoms with Crippen molar-refractivity contribution in [1.82, 2.24) is 19.6 Å². The number of carbonyl (C=O) groups is 1. The summed E-state index contributed by atoms with van der Waals surface area (Å²) < 4.78 is 16.9. The van der Waals surface area contributed by atoms with Gasteiger partial charge in [-0.2, -0.15) is 10.2 Å². The second kappa shape index (κ2) is 7.06. The highest BCUT2D eigenvalue weighted by atomic mass is 35.5. The van der Waals surface area contributed by atoms with Gasteiger partial charge in [-0.3, -0.25) is 14.2 Å². The van der Waals surface area contributed by atoms with Crippen molar-refractivity contribution in [3.63, 3.8) is 0 Å². The van der Waals surface area contributed by atoms with E-state index in [-0.39, 0.29) is 12.5 Å². The van der Waals surface area contributed by atoms with Crippen molar-refractivity contribution in [3.8, 4) is 0 Å². The van der Waals surface area contributed by atoms with Gasteiger partial charge in [0, 0.05) is 29.0 Å². The number of anilines is 1. The molecule has 0 aliphatic heterocycles. The number of nitrogens with zero attached hydrogens (tertiary/aromatic N) is 4. The van der Waals surface area contributed by atoms with Gasteiger partial charge in [-0.05, 0) is 31.5 Å². The van der Waals surface area contributed by atoms with Crippen LogP contribution in [0.3, 0.4) is 0 Å². The molecule has 25 heavy (non-hydrogen) atoms. The molecule has 0 fully saturated rings. The van der Waals surface area contributed by atoms with Crippen LogP contribution in [0.4, 0.5) is 10.2 Å². The minimum Gasteiger partial charge on any atom is -0.307 e. The molecular weight excluding hydrogens is 345 g/mol. The van der Waals surface area contributed by atoms with Crippen molar-refractivity contribution in [1.29, 1.82) is 0 Å². The number of nitrogens with one attached hydrogen (secondary N) is 1. The lowest BCUT2D eigenvalue weighted by molar-refractivity contribution is -0.119. The second-order valence-corrected chi connectivity index (χ2v) is 6.17. The normalized spacial score (nSPS) is 12.2. The SMILES string of the molecule is Cc1cnn(C(C)C(=O)Nc2ccn(Cc3c(F)cccc3Cl)n2)c1. The van der Waals surface area contributed by atoms with E-state index in [1.54, 1.807) is 48.4 Å². The van der Waals surface area contributed by atoms with Gasteiger partial charge in [-0.25, -0.2) is 4.39 Å². The van der Waals surface area contributed by atoms with Crippen LogP contribution in [0.5, 0.6) is 0 Å². The molecule has 1 atom stereocenters. The summed E-state index contributed by atoms with van der Waals surface area (Å²) in [5.74, 6) is -0.248. The summed E-state index contributed by atoms with van der Waals surface area (Å²) in [6.45, 7) is 3.83. The zero-order valence-electron chi connectivity index (χ0n) is 13.8. The highest BCUT2D eigenvalue weighted by Gasteiger charge is 2.17. The summed E-state index contributed by atoms with van der Waals surface area (Å²) in [5.41, 5.74) is 1.33. The summed E-state index contributed by atoms with van der Waals surface area (Å²) in [4.78, 5) is 12.3. The van der Waals surface area contributed by atoms with E-state index in [2.05, 4.69) is 15.5 Å². The van der Waals surface area contributed by atoms with Crippen LogP contribution in [0.25, 0.3) is 0 Å². The summed E-state index contributed by atoms with van der Waals surface area (Å²) >= 11 is 6.02. The van der Waals surface area contributed by atoms with Gasteiger partial charge in [0.2, 0.25) is 5.91 Å². The van der Waals surface area contributed by atoms with Crippen LogP contribution in [-0.2, 0) is 11.3 Å². The summed E-state index contributed by atoms with van der Waals surface area (Å²) in [7, 11) is 0. The Kier molecular flexibility index (Phi) is 4.85. The minimum atomic E-state index is -0.472. The molecule has 0 radical (unpaired) electrons. The predicted octanol–water partition coefficient (Wildman–Crippen LogP) is 3.43. The van der Waals surface area contributed by atoms with Gasteiger partial charge in [0.15, 0.2) is 5.82 Å². The third-order valence-electron chi connectivity index (χ3n) is 3.78. The van der Waals surface area contributed by atoms with Gasteiger partial charge < -0.3 is 5.32 Å². The third-order valence-corrected chi connectivity index (χ3v) is 4.13. The van der Waals surface area contributed by atoms with Gasteiger partial charge in [0.05, 0.1) is 12.7 Å². The second-order valence-electron chi connectivity index (χ2n) is 5.76. The number of aromatic nitrogens is 4. The number of amides is 1. The zero-order valence-corrected chi connectivity index (χ0v) is 14.5. The smallest absolute Gasteiger partial charge is 0.250 e. The number of carbonyl (C=O) groups excluding carboxylic acids is 1. The maximum absolute atomic E-state index is 13.8. The Labute approximate surface area is 149 Å². The Morgan fingerprint density at radius 1 is 1.40 bits per heavy atom. The number of rotatable bonds is 5. The average Bonchev–Trinajstić information content (AvgIpc) is 3.19. The molecule has 0 aliphatic carbocycles. The number of hydrogen-bond donors (Lipinski definition) is 1. The van der Waals surface area contributed by atoms with Crippen LogP contribution in [0.2, 0.25) is 5.02 Å². The molecule has 2 heterocycles. The van der Waals surface area contributed by atoms with E-state index in [4.69, 9.17) is 11.6 Å². The van der Waals surface area contributed by atoms with Crippen molar-refractivity contribution >= 4 is 23.3 Å². The molecule has 3 rings (SSSR count). The van der Waals surface area contributed by atoms with E-state index in [1.165, 1.54) is 10.7 Å². The molecule has 0 spiro atoms. The zero-order chi connectivity index (χ0) is 18.0. The van der Waals surface area contributed by atoms with Gasteiger partial charge >= 0.3 is 0 Å². The Morgan fingerprint density at radius 2 is 2.20 bits per heavy atom. The van der Waals surface area contributed by atoms with Crippen molar-refractivity contribution in [2.24, 2.45) is 0 Å². The molecule has 8 heteroatoms. The lowest BCUT2D eigenvalue weighted by Crippen LogP contribution is -2.24. The van der Waals surface area contributed by atoms with Crippen molar-refractivity contribution < 1.29 is 9.18 Å². The molecule has 1 N–H and O–H groups in total. The van der Waals surface area contributed by atoms with Crippen molar-refractivity contribution in [3.05, 3.63) is 64.8 Å². The summed E-state index contributed by atoms with van der Waals surface area (Å²) in [6, 6.07) is 5.70. The van der Waals surface area contributed by atoms with E-state index < -0.39 is 11.9 Å². The fourth-order valence-electron chi connectivity index (χ4n) is 2.36. The molecule has 0 aliphatic rings. The largest absolute Gasteiger partial charge is 0.307 e. The maximum atomic E-state index is 13.8. The molecule has 130 valence electrons. The highest BCUT2D eigenvalue weighted by Crippen LogP contribution is 2.20. The topological polar surface area (TPSA) is 64.7 Å². The highest BCUT2D eigenvalue weighted by molar-refractivity contribution is 6.31. The fraction of sp³-hybridized carbons (Fsp3) is 0.235. The molecule has 1 amide bonds. The van der Waals surface area contributed by atoms with Crippen molar-refractivity contribution in [2.75, 3.05) is 5.32 Å². The van der Waals surface area contributed by atoms with Crippen LogP contribution < -0.4 is 5.32 Å². The van der Waals surface area contributed by atoms with E-state index >= 15 is 0 Å². The fourth-order valence-corrected chi connectivity index (χ4v) is 2.58. The standard InChI is InChI=1S/C17H17ClFN5O/c1-11-8-20-24(9-11)12(2)17(25)21-16-6-7-23(22-16)10-13-14(18)4-3-5-15(13)19/h3-9,12H,10H2,1-2H3,(H,21,22,25). The first kappa shape index (κ1) is 17.2. The first-order valence-corrected chi connectivity index (χ1v) is 8.10. The number of hydrogen-bond acceptors (Lipinski definition) is 3. The van der Waals surface area contributed by atoms with E-state index in [9.17, 15) is 9.18 Å². The summed E-state index contributed by atoms with van der Waals surface area (Å²) in [5, 5.41) is 11.4. The molecule has 0 bridgehead atoms. The van der Waals surface area contributed by atoms with Crippen LogP contribution in [0.1, 0.15) is 24.1 Å². The van der Waals surface area contributed by atoms with E-state index in [0.717, 1.165) is 5.56 Å². The van der Waals surface area contributed by atoms with Gasteiger partial charge in [-0.1, -0.05) is 17.7 Å². The van der Waals surface area contributed by atoms with Gasteiger partial charge in [0.1, 0.15) is 11.9 Å². The molecule has 0 saturated carbocycles. The minimum absolute atomic E-state index is 0.176. The Balaban J connectivity index is 1.68.